The van der Waals surface area contributed by atoms with E-state index in [1.54, 1.807) is 12.1 Å². The molecule has 104 valence electrons. The Kier molecular flexibility index (Phi) is 4.94. The smallest absolute Gasteiger partial charge is 0.165 e. The van der Waals surface area contributed by atoms with E-state index in [4.69, 9.17) is 4.74 Å². The lowest BCUT2D eigenvalue weighted by Gasteiger charge is -2.08. The van der Waals surface area contributed by atoms with Crippen molar-refractivity contribution >= 4 is 0 Å². The van der Waals surface area contributed by atoms with Gasteiger partial charge < -0.3 is 4.74 Å². The number of halogens is 1. The highest BCUT2D eigenvalue weighted by Gasteiger charge is 2.05. The first kappa shape index (κ1) is 14.3. The van der Waals surface area contributed by atoms with Gasteiger partial charge in [0.1, 0.15) is 5.75 Å². The van der Waals surface area contributed by atoms with Gasteiger partial charge in [-0.15, -0.1) is 0 Å². The van der Waals surface area contributed by atoms with Gasteiger partial charge in [-0.3, -0.25) is 0 Å². The van der Waals surface area contributed by atoms with E-state index in [9.17, 15) is 4.39 Å². The van der Waals surface area contributed by atoms with Crippen molar-refractivity contribution < 1.29 is 9.13 Å². The molecule has 0 heterocycles. The summed E-state index contributed by atoms with van der Waals surface area (Å²) in [7, 11) is 0. The summed E-state index contributed by atoms with van der Waals surface area (Å²) in [4.78, 5) is 0. The molecular weight excluding hydrogens is 251 g/mol. The highest BCUT2D eigenvalue weighted by atomic mass is 19.1. The van der Waals surface area contributed by atoms with Gasteiger partial charge in [0.25, 0.3) is 0 Å². The molecule has 0 aliphatic heterocycles. The average Bonchev–Trinajstić information content (AvgIpc) is 2.43. The molecule has 0 fully saturated rings. The Morgan fingerprint density at radius 3 is 2.55 bits per heavy atom. The molecule has 0 aliphatic carbocycles. The number of benzene rings is 2. The third-order valence-electron chi connectivity index (χ3n) is 2.84. The zero-order chi connectivity index (χ0) is 14.4. The summed E-state index contributed by atoms with van der Waals surface area (Å²) < 4.78 is 19.3. The fraction of sp³-hybridized carbons (Fsp3) is 0.222. The van der Waals surface area contributed by atoms with Gasteiger partial charge in [-0.2, -0.15) is 0 Å². The van der Waals surface area contributed by atoms with Crippen LogP contribution < -0.4 is 4.74 Å². The Balaban J connectivity index is 2.12. The quantitative estimate of drug-likeness (QED) is 0.663. The van der Waals surface area contributed by atoms with Crippen molar-refractivity contribution in [3.8, 4) is 11.5 Å². The van der Waals surface area contributed by atoms with Crippen LogP contribution in [0.3, 0.4) is 0 Å². The van der Waals surface area contributed by atoms with Crippen molar-refractivity contribution in [3.05, 3.63) is 72.1 Å². The van der Waals surface area contributed by atoms with Crippen molar-refractivity contribution in [2.75, 3.05) is 0 Å². The third kappa shape index (κ3) is 4.23. The number of hydrogen-bond donors (Lipinski definition) is 0. The lowest BCUT2D eigenvalue weighted by molar-refractivity contribution is 0.441. The van der Waals surface area contributed by atoms with Gasteiger partial charge in [0.2, 0.25) is 0 Å². The Bertz CT molecular complexity index is 573. The molecule has 2 rings (SSSR count). The highest BCUT2D eigenvalue weighted by molar-refractivity contribution is 5.35. The van der Waals surface area contributed by atoms with Crippen LogP contribution in [0, 0.1) is 11.7 Å². The predicted octanol–water partition coefficient (Wildman–Crippen LogP) is 5.37. The second kappa shape index (κ2) is 6.90. The molecule has 0 saturated heterocycles. The number of hydrogen-bond acceptors (Lipinski definition) is 1. The van der Waals surface area contributed by atoms with E-state index >= 15 is 0 Å². The summed E-state index contributed by atoms with van der Waals surface area (Å²) in [5, 5.41) is 0. The van der Waals surface area contributed by atoms with Crippen molar-refractivity contribution in [2.24, 2.45) is 5.92 Å². The van der Waals surface area contributed by atoms with Gasteiger partial charge in [-0.1, -0.05) is 50.3 Å². The van der Waals surface area contributed by atoms with E-state index in [0.29, 0.717) is 11.7 Å². The fourth-order valence-electron chi connectivity index (χ4n) is 1.84. The van der Waals surface area contributed by atoms with Crippen LogP contribution in [0.15, 0.2) is 60.7 Å². The van der Waals surface area contributed by atoms with Crippen molar-refractivity contribution in [3.63, 3.8) is 0 Å². The van der Waals surface area contributed by atoms with E-state index in [2.05, 4.69) is 26.0 Å². The summed E-state index contributed by atoms with van der Waals surface area (Å²) in [6, 6.07) is 14.2. The number of rotatable bonds is 5. The molecule has 0 atom stereocenters. The molecule has 1 nitrogen and oxygen atoms in total. The van der Waals surface area contributed by atoms with Gasteiger partial charge in [-0.05, 0) is 42.2 Å². The van der Waals surface area contributed by atoms with Gasteiger partial charge >= 0.3 is 0 Å². The SMILES string of the molecule is CC(C)/C=C/Cc1ccc(F)c(Oc2ccccc2)c1. The maximum atomic E-state index is 13.8. The van der Waals surface area contributed by atoms with Crippen LogP contribution in [0.4, 0.5) is 4.39 Å². The molecule has 2 heteroatoms. The van der Waals surface area contributed by atoms with E-state index in [1.165, 1.54) is 6.07 Å². The average molecular weight is 270 g/mol. The van der Waals surface area contributed by atoms with E-state index in [-0.39, 0.29) is 11.6 Å². The second-order valence-corrected chi connectivity index (χ2v) is 5.06. The molecule has 0 aliphatic rings. The fourth-order valence-corrected chi connectivity index (χ4v) is 1.84. The molecule has 0 N–H and O–H groups in total. The monoisotopic (exact) mass is 270 g/mol. The molecule has 2 aromatic carbocycles. The minimum atomic E-state index is -0.342. The summed E-state index contributed by atoms with van der Waals surface area (Å²) in [5.41, 5.74) is 1.04. The minimum absolute atomic E-state index is 0.270. The first-order chi connectivity index (χ1) is 9.65. The van der Waals surface area contributed by atoms with E-state index in [1.807, 2.05) is 30.3 Å². The van der Waals surface area contributed by atoms with Gasteiger partial charge in [0.15, 0.2) is 11.6 Å². The third-order valence-corrected chi connectivity index (χ3v) is 2.84. The topological polar surface area (TPSA) is 9.23 Å². The Labute approximate surface area is 119 Å². The van der Waals surface area contributed by atoms with Crippen molar-refractivity contribution in [2.45, 2.75) is 20.3 Å². The Morgan fingerprint density at radius 1 is 1.10 bits per heavy atom. The van der Waals surface area contributed by atoms with Crippen LogP contribution in [0.1, 0.15) is 19.4 Å². The van der Waals surface area contributed by atoms with Crippen LogP contribution >= 0.6 is 0 Å². The molecule has 0 spiro atoms. The van der Waals surface area contributed by atoms with Gasteiger partial charge in [-0.25, -0.2) is 4.39 Å². The Hall–Kier alpha value is -2.09. The summed E-state index contributed by atoms with van der Waals surface area (Å²) >= 11 is 0. The molecule has 0 unspecified atom stereocenters. The lowest BCUT2D eigenvalue weighted by Crippen LogP contribution is -1.91. The number of allylic oxidation sites excluding steroid dienone is 2. The first-order valence-electron chi connectivity index (χ1n) is 6.83. The van der Waals surface area contributed by atoms with Crippen molar-refractivity contribution in [1.29, 1.82) is 0 Å². The number of para-hydroxylation sites is 1. The molecule has 0 bridgehead atoms. The lowest BCUT2D eigenvalue weighted by atomic mass is 10.1. The second-order valence-electron chi connectivity index (χ2n) is 5.06. The zero-order valence-electron chi connectivity index (χ0n) is 11.8. The Morgan fingerprint density at radius 2 is 1.85 bits per heavy atom. The van der Waals surface area contributed by atoms with Crippen LogP contribution in [0.2, 0.25) is 0 Å². The van der Waals surface area contributed by atoms with Crippen molar-refractivity contribution in [1.82, 2.24) is 0 Å². The molecule has 2 aromatic rings. The molecule has 0 amide bonds. The molecule has 0 saturated carbocycles. The molecular formula is C18H19FO. The standard InChI is InChI=1S/C18H19FO/c1-14(2)7-6-8-15-11-12-17(19)18(13-15)20-16-9-4-3-5-10-16/h3-7,9-14H,8H2,1-2H3/b7-6+. The highest BCUT2D eigenvalue weighted by Crippen LogP contribution is 2.25. The molecule has 0 aromatic heterocycles. The summed E-state index contributed by atoms with van der Waals surface area (Å²) in [6.07, 6.45) is 5.02. The maximum absolute atomic E-state index is 13.8. The number of ether oxygens (including phenoxy) is 1. The van der Waals surface area contributed by atoms with Gasteiger partial charge in [0, 0.05) is 0 Å². The van der Waals surface area contributed by atoms with Gasteiger partial charge in [0.05, 0.1) is 0 Å². The zero-order valence-corrected chi connectivity index (χ0v) is 11.8. The molecule has 20 heavy (non-hydrogen) atoms. The van der Waals surface area contributed by atoms with Crippen LogP contribution in [-0.4, -0.2) is 0 Å². The van der Waals surface area contributed by atoms with Crippen LogP contribution in [-0.2, 0) is 6.42 Å². The first-order valence-corrected chi connectivity index (χ1v) is 6.83. The molecule has 0 radical (unpaired) electrons. The predicted molar refractivity (Wildman–Crippen MR) is 80.6 cm³/mol. The minimum Gasteiger partial charge on any atom is -0.454 e. The summed E-state index contributed by atoms with van der Waals surface area (Å²) in [6.45, 7) is 4.26. The van der Waals surface area contributed by atoms with E-state index < -0.39 is 0 Å². The van der Waals surface area contributed by atoms with E-state index in [0.717, 1.165) is 12.0 Å². The summed E-state index contributed by atoms with van der Waals surface area (Å²) in [5.74, 6) is 1.09. The van der Waals surface area contributed by atoms with Crippen LogP contribution in [0.5, 0.6) is 11.5 Å². The largest absolute Gasteiger partial charge is 0.454 e. The maximum Gasteiger partial charge on any atom is 0.165 e. The van der Waals surface area contributed by atoms with Crippen LogP contribution in [0.25, 0.3) is 0 Å². The normalized spacial score (nSPS) is 11.2.